The van der Waals surface area contributed by atoms with Crippen LogP contribution in [0.3, 0.4) is 0 Å². The van der Waals surface area contributed by atoms with Crippen molar-refractivity contribution in [2.75, 3.05) is 12.0 Å². The van der Waals surface area contributed by atoms with Crippen molar-refractivity contribution in [3.8, 4) is 5.75 Å². The number of non-ortho nitro benzene ring substituents is 1. The number of nitrogens with zero attached hydrogens (tertiary/aromatic N) is 2. The lowest BCUT2D eigenvalue weighted by Gasteiger charge is -2.19. The average molecular weight is 316 g/mol. The van der Waals surface area contributed by atoms with Gasteiger partial charge in [0.15, 0.2) is 0 Å². The van der Waals surface area contributed by atoms with E-state index in [2.05, 4.69) is 0 Å². The molecule has 1 aromatic rings. The van der Waals surface area contributed by atoms with E-state index in [1.165, 1.54) is 25.3 Å². The first kappa shape index (κ1) is 13.9. The predicted octanol–water partition coefficient (Wildman–Crippen LogP) is 1.05. The third-order valence-corrected chi connectivity index (χ3v) is 4.53. The highest BCUT2D eigenvalue weighted by molar-refractivity contribution is 6.23. The van der Waals surface area contributed by atoms with Gasteiger partial charge in [-0.25, -0.2) is 4.90 Å². The third-order valence-electron chi connectivity index (χ3n) is 4.53. The lowest BCUT2D eigenvalue weighted by atomic mass is 9.85. The number of hydrogen-bond acceptors (Lipinski definition) is 6. The number of imide groups is 1. The number of carbonyl (C=O) groups is 2. The minimum atomic E-state index is -0.563. The second-order valence-corrected chi connectivity index (χ2v) is 5.63. The van der Waals surface area contributed by atoms with Crippen molar-refractivity contribution in [1.82, 2.24) is 0 Å². The summed E-state index contributed by atoms with van der Waals surface area (Å²) in [6.45, 7) is 0. The Morgan fingerprint density at radius 2 is 1.78 bits per heavy atom. The fraction of sp³-hybridized carbons (Fsp3) is 0.333. The van der Waals surface area contributed by atoms with Gasteiger partial charge in [0, 0.05) is 6.07 Å². The van der Waals surface area contributed by atoms with Gasteiger partial charge in [-0.3, -0.25) is 19.7 Å². The van der Waals surface area contributed by atoms with Crippen LogP contribution in [0.5, 0.6) is 5.75 Å². The van der Waals surface area contributed by atoms with Crippen molar-refractivity contribution in [2.45, 2.75) is 12.2 Å². The molecule has 2 bridgehead atoms. The lowest BCUT2D eigenvalue weighted by Crippen LogP contribution is -2.34. The molecule has 2 fully saturated rings. The number of hydrogen-bond donors (Lipinski definition) is 0. The maximum Gasteiger partial charge on any atom is 0.273 e. The van der Waals surface area contributed by atoms with Crippen LogP contribution < -0.4 is 9.64 Å². The number of nitro groups is 1. The molecule has 2 saturated heterocycles. The van der Waals surface area contributed by atoms with Crippen molar-refractivity contribution in [3.63, 3.8) is 0 Å². The van der Waals surface area contributed by atoms with Crippen LogP contribution in [-0.4, -0.2) is 36.1 Å². The maximum atomic E-state index is 12.7. The van der Waals surface area contributed by atoms with Crippen LogP contribution in [0.1, 0.15) is 0 Å². The summed E-state index contributed by atoms with van der Waals surface area (Å²) in [5, 5.41) is 10.9. The molecule has 4 atom stereocenters. The largest absolute Gasteiger partial charge is 0.494 e. The standard InChI is InChI=1S/C15H12N2O6/c1-22-11-6-7(17(20)21)2-3-8(11)16-14(18)12-9-4-5-10(23-9)13(12)15(16)19/h2-6,9-10,12-13H,1H3/t9-,10+,12+,13-. The van der Waals surface area contributed by atoms with E-state index in [4.69, 9.17) is 9.47 Å². The van der Waals surface area contributed by atoms with Gasteiger partial charge in [-0.15, -0.1) is 0 Å². The topological polar surface area (TPSA) is 99.0 Å². The molecule has 0 aliphatic carbocycles. The quantitative estimate of drug-likeness (QED) is 0.358. The Morgan fingerprint density at radius 1 is 1.17 bits per heavy atom. The average Bonchev–Trinajstić information content (AvgIpc) is 3.21. The normalized spacial score (nSPS) is 30.9. The minimum absolute atomic E-state index is 0.113. The molecule has 0 saturated carbocycles. The Labute approximate surface area is 130 Å². The van der Waals surface area contributed by atoms with Crippen LogP contribution in [-0.2, 0) is 14.3 Å². The van der Waals surface area contributed by atoms with Crippen molar-refractivity contribution < 1.29 is 24.0 Å². The zero-order valence-corrected chi connectivity index (χ0v) is 12.0. The molecule has 118 valence electrons. The molecule has 3 aliphatic heterocycles. The number of anilines is 1. The van der Waals surface area contributed by atoms with E-state index >= 15 is 0 Å². The van der Waals surface area contributed by atoms with Gasteiger partial charge in [0.2, 0.25) is 11.8 Å². The van der Waals surface area contributed by atoms with Crippen molar-refractivity contribution in [1.29, 1.82) is 0 Å². The SMILES string of the molecule is COc1cc([N+](=O)[O-])ccc1N1C(=O)[C@@H]2[C@H](C1=O)[C@@H]1C=C[C@H]2O1. The molecule has 2 amide bonds. The first-order valence-corrected chi connectivity index (χ1v) is 7.07. The Morgan fingerprint density at radius 3 is 2.30 bits per heavy atom. The number of benzene rings is 1. The van der Waals surface area contributed by atoms with Crippen molar-refractivity contribution in [3.05, 3.63) is 40.5 Å². The summed E-state index contributed by atoms with van der Waals surface area (Å²) in [6, 6.07) is 3.81. The van der Waals surface area contributed by atoms with Gasteiger partial charge in [0.1, 0.15) is 5.75 Å². The highest BCUT2D eigenvalue weighted by Crippen LogP contribution is 2.47. The number of amides is 2. The van der Waals surface area contributed by atoms with Gasteiger partial charge in [-0.05, 0) is 6.07 Å². The highest BCUT2D eigenvalue weighted by Gasteiger charge is 2.61. The number of rotatable bonds is 3. The summed E-state index contributed by atoms with van der Waals surface area (Å²) >= 11 is 0. The van der Waals surface area contributed by atoms with E-state index < -0.39 is 16.8 Å². The van der Waals surface area contributed by atoms with Gasteiger partial charge in [-0.2, -0.15) is 0 Å². The molecule has 0 aromatic heterocycles. The van der Waals surface area contributed by atoms with Gasteiger partial charge in [-0.1, -0.05) is 12.2 Å². The summed E-state index contributed by atoms with van der Waals surface area (Å²) < 4.78 is 10.7. The first-order valence-electron chi connectivity index (χ1n) is 7.07. The summed E-state index contributed by atoms with van der Waals surface area (Å²) in [6.07, 6.45) is 2.84. The molecule has 1 aromatic carbocycles. The summed E-state index contributed by atoms with van der Waals surface area (Å²) in [5.74, 6) is -1.66. The maximum absolute atomic E-state index is 12.7. The molecule has 0 radical (unpaired) electrons. The number of carbonyl (C=O) groups excluding carboxylic acids is 2. The van der Waals surface area contributed by atoms with E-state index in [-0.39, 0.29) is 41.1 Å². The van der Waals surface area contributed by atoms with Crippen LogP contribution >= 0.6 is 0 Å². The van der Waals surface area contributed by atoms with Crippen molar-refractivity contribution in [2.24, 2.45) is 11.8 Å². The highest BCUT2D eigenvalue weighted by atomic mass is 16.6. The van der Waals surface area contributed by atoms with Crippen LogP contribution in [0.4, 0.5) is 11.4 Å². The molecule has 3 heterocycles. The molecule has 3 aliphatic rings. The van der Waals surface area contributed by atoms with Crippen LogP contribution in [0.15, 0.2) is 30.4 Å². The van der Waals surface area contributed by atoms with E-state index in [0.29, 0.717) is 0 Å². The first-order chi connectivity index (χ1) is 11.0. The van der Waals surface area contributed by atoms with Gasteiger partial charge in [0.05, 0.1) is 47.8 Å². The van der Waals surface area contributed by atoms with Gasteiger partial charge < -0.3 is 9.47 Å². The molecule has 23 heavy (non-hydrogen) atoms. The Balaban J connectivity index is 1.76. The Hall–Kier alpha value is -2.74. The smallest absolute Gasteiger partial charge is 0.273 e. The van der Waals surface area contributed by atoms with E-state index in [9.17, 15) is 19.7 Å². The predicted molar refractivity (Wildman–Crippen MR) is 76.9 cm³/mol. The molecular weight excluding hydrogens is 304 g/mol. The zero-order chi connectivity index (χ0) is 16.3. The van der Waals surface area contributed by atoms with Gasteiger partial charge >= 0.3 is 0 Å². The fourth-order valence-electron chi connectivity index (χ4n) is 3.51. The number of methoxy groups -OCH3 is 1. The van der Waals surface area contributed by atoms with Crippen LogP contribution in [0.2, 0.25) is 0 Å². The van der Waals surface area contributed by atoms with E-state index in [0.717, 1.165) is 4.90 Å². The molecule has 0 spiro atoms. The van der Waals surface area contributed by atoms with Gasteiger partial charge in [0.25, 0.3) is 5.69 Å². The second kappa shape index (κ2) is 4.63. The molecule has 0 N–H and O–H groups in total. The number of fused-ring (bicyclic) bond motifs is 5. The monoisotopic (exact) mass is 316 g/mol. The molecule has 0 unspecified atom stereocenters. The summed E-state index contributed by atoms with van der Waals surface area (Å²) in [5.41, 5.74) is 0.0526. The molecular formula is C15H12N2O6. The van der Waals surface area contributed by atoms with Crippen LogP contribution in [0, 0.1) is 22.0 Å². The second-order valence-electron chi connectivity index (χ2n) is 5.63. The Bertz CT molecular complexity index is 743. The molecule has 8 heteroatoms. The van der Waals surface area contributed by atoms with E-state index in [1.807, 2.05) is 0 Å². The third kappa shape index (κ3) is 1.75. The van der Waals surface area contributed by atoms with E-state index in [1.54, 1.807) is 12.2 Å². The van der Waals surface area contributed by atoms with Crippen LogP contribution in [0.25, 0.3) is 0 Å². The summed E-state index contributed by atoms with van der Waals surface area (Å²) in [4.78, 5) is 36.7. The molecule has 4 rings (SSSR count). The molecule has 8 nitrogen and oxygen atoms in total. The fourth-order valence-corrected chi connectivity index (χ4v) is 3.51. The lowest BCUT2D eigenvalue weighted by molar-refractivity contribution is -0.384. The minimum Gasteiger partial charge on any atom is -0.494 e. The zero-order valence-electron chi connectivity index (χ0n) is 12.0. The number of nitro benzene ring substituents is 1. The Kier molecular flexibility index (Phi) is 2.79. The number of ether oxygens (including phenoxy) is 2. The van der Waals surface area contributed by atoms with Crippen molar-refractivity contribution >= 4 is 23.2 Å². The summed E-state index contributed by atoms with van der Waals surface area (Å²) in [7, 11) is 1.34.